The molecule has 0 saturated heterocycles. The molecule has 0 aliphatic heterocycles. The minimum Gasteiger partial charge on any atom is -0.263 e. The molecule has 0 fully saturated rings. The van der Waals surface area contributed by atoms with Crippen LogP contribution in [0.15, 0.2) is 41.4 Å². The lowest BCUT2D eigenvalue weighted by Gasteiger charge is -2.08. The smallest absolute Gasteiger partial charge is 0.263 e. The van der Waals surface area contributed by atoms with E-state index in [-0.39, 0.29) is 10.8 Å². The van der Waals surface area contributed by atoms with Gasteiger partial charge in [0.05, 0.1) is 5.02 Å². The zero-order valence-electron chi connectivity index (χ0n) is 9.27. The number of hydrogen-bond acceptors (Lipinski definition) is 3. The zero-order chi connectivity index (χ0) is 14.0. The Labute approximate surface area is 119 Å². The van der Waals surface area contributed by atoms with Crippen molar-refractivity contribution < 1.29 is 12.8 Å². The van der Waals surface area contributed by atoms with E-state index in [9.17, 15) is 12.8 Å². The second-order valence-electron chi connectivity index (χ2n) is 3.52. The molecule has 0 atom stereocenters. The highest BCUT2D eigenvalue weighted by molar-refractivity contribution is 7.92. The Hall–Kier alpha value is -1.37. The van der Waals surface area contributed by atoms with Crippen LogP contribution in [0.3, 0.4) is 0 Å². The average Bonchev–Trinajstić information content (AvgIpc) is 2.32. The molecule has 0 amide bonds. The summed E-state index contributed by atoms with van der Waals surface area (Å²) in [5.41, 5.74) is 0. The highest BCUT2D eigenvalue weighted by atomic mass is 35.5. The molecule has 0 bridgehead atoms. The summed E-state index contributed by atoms with van der Waals surface area (Å²) in [7, 11) is -4.11. The van der Waals surface area contributed by atoms with Crippen LogP contribution in [0.25, 0.3) is 0 Å². The normalized spacial score (nSPS) is 11.3. The number of aromatic nitrogens is 1. The molecule has 4 nitrogen and oxygen atoms in total. The first-order valence-corrected chi connectivity index (χ1v) is 7.22. The highest BCUT2D eigenvalue weighted by Crippen LogP contribution is 2.24. The number of nitrogens with one attached hydrogen (secondary N) is 1. The largest absolute Gasteiger partial charge is 0.266 e. The Bertz CT molecular complexity index is 722. The first-order chi connectivity index (χ1) is 8.90. The topological polar surface area (TPSA) is 59.1 Å². The van der Waals surface area contributed by atoms with E-state index in [4.69, 9.17) is 23.2 Å². The van der Waals surface area contributed by atoms with Crippen LogP contribution in [0, 0.1) is 5.82 Å². The maximum atomic E-state index is 13.7. The third-order valence-corrected chi connectivity index (χ3v) is 4.07. The van der Waals surface area contributed by atoms with Crippen molar-refractivity contribution in [2.75, 3.05) is 4.72 Å². The quantitative estimate of drug-likeness (QED) is 0.943. The molecule has 0 saturated carbocycles. The molecule has 0 unspecified atom stereocenters. The van der Waals surface area contributed by atoms with Gasteiger partial charge in [0.2, 0.25) is 0 Å². The maximum absolute atomic E-state index is 13.7. The van der Waals surface area contributed by atoms with E-state index in [1.807, 2.05) is 0 Å². The number of hydrogen-bond donors (Lipinski definition) is 1. The van der Waals surface area contributed by atoms with E-state index in [1.54, 1.807) is 0 Å². The molecule has 0 radical (unpaired) electrons. The van der Waals surface area contributed by atoms with Gasteiger partial charge in [0.15, 0.2) is 5.82 Å². The number of nitrogens with zero attached hydrogens (tertiary/aromatic N) is 1. The van der Waals surface area contributed by atoms with E-state index in [1.165, 1.54) is 30.5 Å². The van der Waals surface area contributed by atoms with Crippen molar-refractivity contribution in [1.29, 1.82) is 0 Å². The number of sulfonamides is 1. The van der Waals surface area contributed by atoms with Crippen molar-refractivity contribution in [3.8, 4) is 0 Å². The summed E-state index contributed by atoms with van der Waals surface area (Å²) in [5.74, 6) is -1.02. The lowest BCUT2D eigenvalue weighted by Crippen LogP contribution is -2.15. The third kappa shape index (κ3) is 3.15. The number of pyridine rings is 1. The van der Waals surface area contributed by atoms with Gasteiger partial charge < -0.3 is 0 Å². The van der Waals surface area contributed by atoms with Gasteiger partial charge in [0, 0.05) is 17.3 Å². The minimum absolute atomic E-state index is 0.00752. The third-order valence-electron chi connectivity index (χ3n) is 2.17. The molecule has 1 heterocycles. The molecule has 0 aliphatic carbocycles. The Morgan fingerprint density at radius 1 is 1.21 bits per heavy atom. The SMILES string of the molecule is O=S(=O)(Nc1cc(Cl)ccn1)c1cccc(Cl)c1F. The summed E-state index contributed by atoms with van der Waals surface area (Å²) in [6.07, 6.45) is 1.33. The molecule has 8 heteroatoms. The van der Waals surface area contributed by atoms with Gasteiger partial charge in [-0.15, -0.1) is 0 Å². The lowest BCUT2D eigenvalue weighted by molar-refractivity contribution is 0.570. The average molecular weight is 321 g/mol. The fourth-order valence-electron chi connectivity index (χ4n) is 1.34. The van der Waals surface area contributed by atoms with Crippen LogP contribution in [0.5, 0.6) is 0 Å². The summed E-state index contributed by atoms with van der Waals surface area (Å²) >= 11 is 11.3. The summed E-state index contributed by atoms with van der Waals surface area (Å²) in [5, 5.41) is 0.0289. The van der Waals surface area contributed by atoms with Crippen molar-refractivity contribution in [3.05, 3.63) is 52.4 Å². The highest BCUT2D eigenvalue weighted by Gasteiger charge is 2.21. The van der Waals surface area contributed by atoms with Crippen LogP contribution in [-0.2, 0) is 10.0 Å². The minimum atomic E-state index is -4.11. The van der Waals surface area contributed by atoms with Gasteiger partial charge in [0.1, 0.15) is 10.7 Å². The first-order valence-electron chi connectivity index (χ1n) is 4.98. The fraction of sp³-hybridized carbons (Fsp3) is 0. The monoisotopic (exact) mass is 320 g/mol. The number of halogens is 3. The summed E-state index contributed by atoms with van der Waals surface area (Å²) < 4.78 is 39.8. The van der Waals surface area contributed by atoms with Gasteiger partial charge in [-0.3, -0.25) is 4.72 Å². The molecule has 2 rings (SSSR count). The molecular formula is C11H7Cl2FN2O2S. The van der Waals surface area contributed by atoms with Crippen molar-refractivity contribution in [2.24, 2.45) is 0 Å². The van der Waals surface area contributed by atoms with Crippen molar-refractivity contribution in [1.82, 2.24) is 4.98 Å². The molecule has 1 aromatic heterocycles. The van der Waals surface area contributed by atoms with Crippen molar-refractivity contribution >= 4 is 39.0 Å². The Balaban J connectivity index is 2.41. The Morgan fingerprint density at radius 2 is 1.95 bits per heavy atom. The van der Waals surface area contributed by atoms with Gasteiger partial charge in [-0.2, -0.15) is 0 Å². The maximum Gasteiger partial charge on any atom is 0.266 e. The number of benzene rings is 1. The Kier molecular flexibility index (Phi) is 3.93. The zero-order valence-corrected chi connectivity index (χ0v) is 11.6. The molecule has 2 aromatic rings. The van der Waals surface area contributed by atoms with E-state index in [2.05, 4.69) is 9.71 Å². The van der Waals surface area contributed by atoms with E-state index >= 15 is 0 Å². The molecule has 1 N–H and O–H groups in total. The second-order valence-corrected chi connectivity index (χ2v) is 6.01. The van der Waals surface area contributed by atoms with Crippen LogP contribution in [0.1, 0.15) is 0 Å². The summed E-state index contributed by atoms with van der Waals surface area (Å²) in [6.45, 7) is 0. The van der Waals surface area contributed by atoms with Gasteiger partial charge in [-0.05, 0) is 18.2 Å². The summed E-state index contributed by atoms with van der Waals surface area (Å²) in [6, 6.07) is 6.49. The summed E-state index contributed by atoms with van der Waals surface area (Å²) in [4.78, 5) is 3.22. The molecular weight excluding hydrogens is 314 g/mol. The van der Waals surface area contributed by atoms with Crippen LogP contribution in [0.4, 0.5) is 10.2 Å². The van der Waals surface area contributed by atoms with Crippen LogP contribution >= 0.6 is 23.2 Å². The Morgan fingerprint density at radius 3 is 2.63 bits per heavy atom. The van der Waals surface area contributed by atoms with Gasteiger partial charge in [0.25, 0.3) is 10.0 Å². The van der Waals surface area contributed by atoms with E-state index in [0.29, 0.717) is 5.02 Å². The predicted molar refractivity (Wildman–Crippen MR) is 71.5 cm³/mol. The van der Waals surface area contributed by atoms with Crippen molar-refractivity contribution in [2.45, 2.75) is 4.90 Å². The fourth-order valence-corrected chi connectivity index (χ4v) is 2.84. The van der Waals surface area contributed by atoms with Gasteiger partial charge >= 0.3 is 0 Å². The van der Waals surface area contributed by atoms with E-state index < -0.39 is 20.7 Å². The van der Waals surface area contributed by atoms with Crippen molar-refractivity contribution in [3.63, 3.8) is 0 Å². The lowest BCUT2D eigenvalue weighted by atomic mass is 10.3. The number of rotatable bonds is 3. The second kappa shape index (κ2) is 5.32. The van der Waals surface area contributed by atoms with Gasteiger partial charge in [-0.1, -0.05) is 29.3 Å². The standard InChI is InChI=1S/C11H7Cl2FN2O2S/c12-7-4-5-15-10(6-7)16-19(17,18)9-3-1-2-8(13)11(9)14/h1-6H,(H,15,16). The molecule has 1 aromatic carbocycles. The first kappa shape index (κ1) is 14.0. The van der Waals surface area contributed by atoms with Gasteiger partial charge in [-0.25, -0.2) is 17.8 Å². The molecule has 100 valence electrons. The molecule has 19 heavy (non-hydrogen) atoms. The van der Waals surface area contributed by atoms with E-state index in [0.717, 1.165) is 6.07 Å². The predicted octanol–water partition coefficient (Wildman–Crippen LogP) is 3.33. The van der Waals surface area contributed by atoms with Crippen LogP contribution < -0.4 is 4.72 Å². The van der Waals surface area contributed by atoms with Crippen LogP contribution in [0.2, 0.25) is 10.0 Å². The molecule has 0 spiro atoms. The number of anilines is 1. The molecule has 0 aliphatic rings. The van der Waals surface area contributed by atoms with Crippen LogP contribution in [-0.4, -0.2) is 13.4 Å².